The number of amides is 4. The number of nitrogens with one attached hydrogen (secondary N) is 5. The van der Waals surface area contributed by atoms with E-state index >= 15 is 0 Å². The van der Waals surface area contributed by atoms with Gasteiger partial charge in [0.05, 0.1) is 22.9 Å². The maximum absolute atomic E-state index is 13.3. The number of aromatic nitrogens is 3. The minimum absolute atomic E-state index is 0.0286. The summed E-state index contributed by atoms with van der Waals surface area (Å²) in [7, 11) is 5.03. The van der Waals surface area contributed by atoms with Gasteiger partial charge in [0.1, 0.15) is 17.1 Å². The second kappa shape index (κ2) is 14.6. The quantitative estimate of drug-likeness (QED) is 0.0560. The van der Waals surface area contributed by atoms with Crippen LogP contribution in [0.2, 0.25) is 0 Å². The summed E-state index contributed by atoms with van der Waals surface area (Å²) in [4.78, 5) is 52.2. The third-order valence-electron chi connectivity index (χ3n) is 7.02. The van der Waals surface area contributed by atoms with Gasteiger partial charge in [-0.05, 0) is 37.3 Å². The summed E-state index contributed by atoms with van der Waals surface area (Å²) in [6, 6.07) is 11.8. The topological polar surface area (TPSA) is 184 Å². The Hall–Kier alpha value is -5.34. The lowest BCUT2D eigenvalue weighted by Crippen LogP contribution is -2.44. The summed E-state index contributed by atoms with van der Waals surface area (Å²) in [5.74, 6) is -1.33. The van der Waals surface area contributed by atoms with E-state index in [1.807, 2.05) is 19.1 Å². The number of anilines is 3. The minimum atomic E-state index is -0.450. The normalized spacial score (nSPS) is 10.8. The van der Waals surface area contributed by atoms with Gasteiger partial charge in [-0.3, -0.25) is 24.6 Å². The SMILES string of the molecule is Cc1ccc(C(=O)N(NCCCl)c2cc(C(=O)Nc3cc(C(=O)Nc4cc(C(=O)NCCC(=N)N)n(C)c4)n(C)c3)n(C)c2)cc1. The molecule has 0 aliphatic rings. The average Bonchev–Trinajstić information content (AvgIpc) is 3.68. The molecule has 1 aromatic carbocycles. The summed E-state index contributed by atoms with van der Waals surface area (Å²) in [5, 5.41) is 16.9. The van der Waals surface area contributed by atoms with E-state index in [1.54, 1.807) is 71.6 Å². The molecule has 0 saturated heterocycles. The maximum Gasteiger partial charge on any atom is 0.272 e. The number of rotatable bonds is 13. The fraction of sp³-hybridized carbons (Fsp3) is 0.258. The van der Waals surface area contributed by atoms with Crippen LogP contribution in [-0.4, -0.2) is 62.1 Å². The van der Waals surface area contributed by atoms with Gasteiger partial charge in [0, 0.05) is 70.7 Å². The Morgan fingerprint density at radius 1 is 0.804 bits per heavy atom. The molecule has 4 aromatic rings. The highest BCUT2D eigenvalue weighted by Gasteiger charge is 2.23. The van der Waals surface area contributed by atoms with E-state index in [9.17, 15) is 19.2 Å². The predicted octanol–water partition coefficient (Wildman–Crippen LogP) is 2.96. The molecule has 0 atom stereocenters. The summed E-state index contributed by atoms with van der Waals surface area (Å²) in [6.45, 7) is 2.48. The van der Waals surface area contributed by atoms with Crippen molar-refractivity contribution in [2.75, 3.05) is 34.6 Å². The van der Waals surface area contributed by atoms with Crippen molar-refractivity contribution < 1.29 is 19.2 Å². The summed E-state index contributed by atoms with van der Waals surface area (Å²) >= 11 is 5.88. The van der Waals surface area contributed by atoms with E-state index in [4.69, 9.17) is 22.7 Å². The predicted molar refractivity (Wildman–Crippen MR) is 178 cm³/mol. The highest BCUT2D eigenvalue weighted by Crippen LogP contribution is 2.22. The van der Waals surface area contributed by atoms with E-state index in [0.29, 0.717) is 34.9 Å². The van der Waals surface area contributed by atoms with Gasteiger partial charge < -0.3 is 35.4 Å². The van der Waals surface area contributed by atoms with Crippen molar-refractivity contribution in [3.8, 4) is 0 Å². The van der Waals surface area contributed by atoms with Gasteiger partial charge in [-0.1, -0.05) is 17.7 Å². The first-order chi connectivity index (χ1) is 21.9. The highest BCUT2D eigenvalue weighted by molar-refractivity contribution is 6.18. The Bertz CT molecular complexity index is 1770. The van der Waals surface area contributed by atoms with Crippen LogP contribution < -0.4 is 32.1 Å². The van der Waals surface area contributed by atoms with Crippen LogP contribution >= 0.6 is 11.6 Å². The van der Waals surface area contributed by atoms with Crippen LogP contribution in [0.1, 0.15) is 53.8 Å². The Labute approximate surface area is 271 Å². The van der Waals surface area contributed by atoms with Gasteiger partial charge in [0.15, 0.2) is 0 Å². The summed E-state index contributed by atoms with van der Waals surface area (Å²) < 4.78 is 4.74. The van der Waals surface area contributed by atoms with Crippen molar-refractivity contribution in [1.82, 2.24) is 24.4 Å². The lowest BCUT2D eigenvalue weighted by atomic mass is 10.1. The molecule has 14 nitrogen and oxygen atoms in total. The number of carbonyl (C=O) groups is 4. The zero-order valence-corrected chi connectivity index (χ0v) is 26.7. The molecule has 3 aromatic heterocycles. The lowest BCUT2D eigenvalue weighted by molar-refractivity contribution is 0.0943. The Kier molecular flexibility index (Phi) is 10.7. The Morgan fingerprint density at radius 2 is 1.33 bits per heavy atom. The number of hydrogen-bond donors (Lipinski definition) is 6. The van der Waals surface area contributed by atoms with Crippen LogP contribution in [0.25, 0.3) is 0 Å². The number of benzene rings is 1. The van der Waals surface area contributed by atoms with Gasteiger partial charge >= 0.3 is 0 Å². The van der Waals surface area contributed by atoms with E-state index in [1.165, 1.54) is 17.1 Å². The zero-order valence-electron chi connectivity index (χ0n) is 26.0. The second-order valence-electron chi connectivity index (χ2n) is 10.7. The maximum atomic E-state index is 13.3. The highest BCUT2D eigenvalue weighted by atomic mass is 35.5. The molecule has 4 amide bonds. The molecule has 15 heteroatoms. The molecule has 0 bridgehead atoms. The standard InChI is InChI=1S/C31H37ClN10O4/c1-19-5-7-20(8-6-19)31(46)42(36-12-10-32)23-15-26(41(4)18-23)30(45)38-22-14-25(40(3)17-22)29(44)37-21-13-24(39(2)16-21)28(43)35-11-9-27(33)34/h5-8,13-18,36H,9-12H2,1-4H3,(H3,33,34)(H,35,43)(H,37,44)(H,38,45). The van der Waals surface area contributed by atoms with Crippen LogP contribution in [0.5, 0.6) is 0 Å². The molecular weight excluding hydrogens is 612 g/mol. The van der Waals surface area contributed by atoms with Crippen LogP contribution in [-0.2, 0) is 21.1 Å². The van der Waals surface area contributed by atoms with Gasteiger partial charge in [-0.25, -0.2) is 10.4 Å². The number of alkyl halides is 1. The number of hydrogen-bond acceptors (Lipinski definition) is 6. The molecule has 7 N–H and O–H groups in total. The molecule has 0 aliphatic heterocycles. The van der Waals surface area contributed by atoms with Crippen molar-refractivity contribution in [2.45, 2.75) is 13.3 Å². The fourth-order valence-corrected chi connectivity index (χ4v) is 4.75. The fourth-order valence-electron chi connectivity index (χ4n) is 4.66. The molecule has 0 radical (unpaired) electrons. The van der Waals surface area contributed by atoms with Gasteiger partial charge in [0.2, 0.25) is 0 Å². The van der Waals surface area contributed by atoms with Crippen LogP contribution in [0, 0.1) is 12.3 Å². The molecule has 0 unspecified atom stereocenters. The zero-order chi connectivity index (χ0) is 33.5. The summed E-state index contributed by atoms with van der Waals surface area (Å²) in [5.41, 5.74) is 11.9. The van der Waals surface area contributed by atoms with Crippen molar-refractivity contribution in [1.29, 1.82) is 5.41 Å². The number of nitrogens with zero attached hydrogens (tertiary/aromatic N) is 4. The first kappa shape index (κ1) is 33.6. The van der Waals surface area contributed by atoms with Gasteiger partial charge in [-0.2, -0.15) is 0 Å². The number of halogens is 1. The molecule has 0 spiro atoms. The van der Waals surface area contributed by atoms with Gasteiger partial charge in [0.25, 0.3) is 23.6 Å². The average molecular weight is 649 g/mol. The van der Waals surface area contributed by atoms with Crippen LogP contribution in [0.15, 0.2) is 61.1 Å². The monoisotopic (exact) mass is 648 g/mol. The number of nitrogens with two attached hydrogens (primary N) is 1. The molecule has 46 heavy (non-hydrogen) atoms. The van der Waals surface area contributed by atoms with Crippen molar-refractivity contribution in [2.24, 2.45) is 26.9 Å². The Morgan fingerprint density at radius 3 is 1.87 bits per heavy atom. The lowest BCUT2D eigenvalue weighted by Gasteiger charge is -2.22. The van der Waals surface area contributed by atoms with E-state index < -0.39 is 11.8 Å². The largest absolute Gasteiger partial charge is 0.388 e. The molecule has 0 aliphatic carbocycles. The second-order valence-corrected chi connectivity index (χ2v) is 11.1. The van der Waals surface area contributed by atoms with E-state index in [2.05, 4.69) is 21.4 Å². The third-order valence-corrected chi connectivity index (χ3v) is 7.21. The summed E-state index contributed by atoms with van der Waals surface area (Å²) in [6.07, 6.45) is 5.09. The third kappa shape index (κ3) is 8.02. The van der Waals surface area contributed by atoms with Crippen molar-refractivity contribution >= 4 is 58.1 Å². The molecule has 4 rings (SSSR count). The number of amidine groups is 1. The van der Waals surface area contributed by atoms with Crippen molar-refractivity contribution in [3.05, 3.63) is 89.3 Å². The minimum Gasteiger partial charge on any atom is -0.388 e. The van der Waals surface area contributed by atoms with Crippen molar-refractivity contribution in [3.63, 3.8) is 0 Å². The van der Waals surface area contributed by atoms with E-state index in [0.717, 1.165) is 5.56 Å². The number of aryl methyl sites for hydroxylation is 4. The van der Waals surface area contributed by atoms with Gasteiger partial charge in [-0.15, -0.1) is 11.6 Å². The molecule has 3 heterocycles. The molecular formula is C31H37ClN10O4. The number of carbonyl (C=O) groups excluding carboxylic acids is 4. The first-order valence-electron chi connectivity index (χ1n) is 14.3. The number of hydrazine groups is 1. The Balaban J connectivity index is 1.45. The molecule has 242 valence electrons. The van der Waals surface area contributed by atoms with E-state index in [-0.39, 0.29) is 47.9 Å². The molecule has 0 saturated carbocycles. The van der Waals surface area contributed by atoms with Crippen LogP contribution in [0.4, 0.5) is 17.1 Å². The van der Waals surface area contributed by atoms with Crippen LogP contribution in [0.3, 0.4) is 0 Å². The smallest absolute Gasteiger partial charge is 0.272 e. The molecule has 0 fully saturated rings. The first-order valence-corrected chi connectivity index (χ1v) is 14.8.